The first-order valence-corrected chi connectivity index (χ1v) is 8.29. The van der Waals surface area contributed by atoms with Gasteiger partial charge in [-0.25, -0.2) is 0 Å². The van der Waals surface area contributed by atoms with Crippen molar-refractivity contribution in [2.45, 2.75) is 25.6 Å². The average Bonchev–Trinajstić information content (AvgIpc) is 3.44. The van der Waals surface area contributed by atoms with Crippen molar-refractivity contribution in [3.8, 4) is 0 Å². The van der Waals surface area contributed by atoms with E-state index in [4.69, 9.17) is 9.47 Å². The molecular formula is C18H26N2O4. The molecule has 0 atom stereocenters. The van der Waals surface area contributed by atoms with Gasteiger partial charge in [0.25, 0.3) is 0 Å². The van der Waals surface area contributed by atoms with E-state index in [1.165, 1.54) is 24.7 Å². The topological polar surface area (TPSA) is 67.9 Å². The molecule has 2 rings (SSSR count). The Labute approximate surface area is 143 Å². The van der Waals surface area contributed by atoms with Crippen LogP contribution in [-0.2, 0) is 25.5 Å². The van der Waals surface area contributed by atoms with Crippen LogP contribution in [0.2, 0.25) is 0 Å². The Balaban J connectivity index is 1.81. The van der Waals surface area contributed by atoms with Crippen LogP contribution in [0.15, 0.2) is 30.3 Å². The molecule has 1 fully saturated rings. The fraction of sp³-hybridized carbons (Fsp3) is 0.556. The van der Waals surface area contributed by atoms with Crippen molar-refractivity contribution in [3.05, 3.63) is 35.9 Å². The molecule has 0 spiro atoms. The summed E-state index contributed by atoms with van der Waals surface area (Å²) in [6, 6.07) is 9.96. The number of methoxy groups -OCH3 is 2. The first-order valence-electron chi connectivity index (χ1n) is 8.29. The molecule has 2 amide bonds. The van der Waals surface area contributed by atoms with E-state index in [-0.39, 0.29) is 30.8 Å². The molecule has 1 aliphatic carbocycles. The van der Waals surface area contributed by atoms with Gasteiger partial charge in [0, 0.05) is 26.7 Å². The van der Waals surface area contributed by atoms with Gasteiger partial charge >= 0.3 is 0 Å². The van der Waals surface area contributed by atoms with E-state index in [0.717, 1.165) is 19.3 Å². The molecule has 0 aromatic heterocycles. The van der Waals surface area contributed by atoms with E-state index in [1.807, 2.05) is 30.3 Å². The Morgan fingerprint density at radius 1 is 1.21 bits per heavy atom. The van der Waals surface area contributed by atoms with E-state index in [2.05, 4.69) is 5.32 Å². The number of nitrogens with one attached hydrogen (secondary N) is 1. The summed E-state index contributed by atoms with van der Waals surface area (Å²) < 4.78 is 10.3. The Kier molecular flexibility index (Phi) is 7.21. The molecule has 1 aromatic carbocycles. The molecule has 0 saturated heterocycles. The van der Waals surface area contributed by atoms with E-state index >= 15 is 0 Å². The Morgan fingerprint density at radius 2 is 1.88 bits per heavy atom. The molecule has 1 N–H and O–H groups in total. The minimum absolute atomic E-state index is 0.00677. The number of rotatable bonds is 10. The lowest BCUT2D eigenvalue weighted by molar-refractivity contribution is -0.149. The van der Waals surface area contributed by atoms with Crippen LogP contribution in [0, 0.1) is 5.92 Å². The zero-order valence-electron chi connectivity index (χ0n) is 14.4. The molecule has 6 heteroatoms. The van der Waals surface area contributed by atoms with Gasteiger partial charge in [-0.05, 0) is 24.8 Å². The first-order chi connectivity index (χ1) is 11.6. The number of ether oxygens (including phenoxy) is 2. The zero-order chi connectivity index (χ0) is 17.4. The number of amides is 2. The SMILES string of the molecule is COC(CN(CC(=O)NCCc1ccccc1)C(=O)C1CC1)OC. The lowest BCUT2D eigenvalue weighted by atomic mass is 10.1. The molecule has 6 nitrogen and oxygen atoms in total. The zero-order valence-corrected chi connectivity index (χ0v) is 14.4. The maximum absolute atomic E-state index is 12.3. The summed E-state index contributed by atoms with van der Waals surface area (Å²) in [4.78, 5) is 26.0. The van der Waals surface area contributed by atoms with Crippen molar-refractivity contribution in [2.24, 2.45) is 5.92 Å². The summed E-state index contributed by atoms with van der Waals surface area (Å²) in [6.07, 6.45) is 2.04. The van der Waals surface area contributed by atoms with Gasteiger partial charge in [0.15, 0.2) is 6.29 Å². The van der Waals surface area contributed by atoms with Crippen LogP contribution in [0.5, 0.6) is 0 Å². The largest absolute Gasteiger partial charge is 0.354 e. The van der Waals surface area contributed by atoms with Gasteiger partial charge in [0.2, 0.25) is 11.8 Å². The molecule has 132 valence electrons. The van der Waals surface area contributed by atoms with E-state index in [0.29, 0.717) is 6.54 Å². The number of hydrogen-bond donors (Lipinski definition) is 1. The van der Waals surface area contributed by atoms with Gasteiger partial charge < -0.3 is 19.7 Å². The number of carbonyl (C=O) groups is 2. The highest BCUT2D eigenvalue weighted by Gasteiger charge is 2.35. The Bertz CT molecular complexity index is 527. The second-order valence-electron chi connectivity index (χ2n) is 5.98. The van der Waals surface area contributed by atoms with Crippen LogP contribution in [0.1, 0.15) is 18.4 Å². The third kappa shape index (κ3) is 5.94. The van der Waals surface area contributed by atoms with Crippen molar-refractivity contribution in [2.75, 3.05) is 33.9 Å². The predicted molar refractivity (Wildman–Crippen MR) is 90.3 cm³/mol. The quantitative estimate of drug-likeness (QED) is 0.653. The number of hydrogen-bond acceptors (Lipinski definition) is 4. The van der Waals surface area contributed by atoms with Crippen molar-refractivity contribution < 1.29 is 19.1 Å². The van der Waals surface area contributed by atoms with Gasteiger partial charge in [-0.15, -0.1) is 0 Å². The van der Waals surface area contributed by atoms with E-state index in [1.54, 1.807) is 0 Å². The molecule has 0 unspecified atom stereocenters. The number of nitrogens with zero attached hydrogens (tertiary/aromatic N) is 1. The van der Waals surface area contributed by atoms with Gasteiger partial charge in [0.05, 0.1) is 13.1 Å². The highest BCUT2D eigenvalue weighted by atomic mass is 16.7. The van der Waals surface area contributed by atoms with Crippen LogP contribution in [0.25, 0.3) is 0 Å². The first kappa shape index (κ1) is 18.4. The normalized spacial score (nSPS) is 13.8. The van der Waals surface area contributed by atoms with Crippen LogP contribution in [-0.4, -0.2) is 56.9 Å². The third-order valence-corrected chi connectivity index (χ3v) is 4.05. The molecular weight excluding hydrogens is 308 g/mol. The van der Waals surface area contributed by atoms with Crippen molar-refractivity contribution in [1.82, 2.24) is 10.2 Å². The summed E-state index contributed by atoms with van der Waals surface area (Å²) in [6.45, 7) is 0.841. The third-order valence-electron chi connectivity index (χ3n) is 4.05. The van der Waals surface area contributed by atoms with Crippen LogP contribution in [0.4, 0.5) is 0 Å². The average molecular weight is 334 g/mol. The second-order valence-corrected chi connectivity index (χ2v) is 5.98. The van der Waals surface area contributed by atoms with Gasteiger partial charge in [-0.1, -0.05) is 30.3 Å². The molecule has 1 aliphatic rings. The van der Waals surface area contributed by atoms with E-state index < -0.39 is 6.29 Å². The Morgan fingerprint density at radius 3 is 2.46 bits per heavy atom. The minimum Gasteiger partial charge on any atom is -0.354 e. The molecule has 1 saturated carbocycles. The summed E-state index contributed by atoms with van der Waals surface area (Å²) in [5, 5.41) is 2.87. The molecule has 0 aliphatic heterocycles. The minimum atomic E-state index is -0.523. The summed E-state index contributed by atoms with van der Waals surface area (Å²) in [5.41, 5.74) is 1.17. The molecule has 1 aromatic rings. The monoisotopic (exact) mass is 334 g/mol. The van der Waals surface area contributed by atoms with Crippen LogP contribution >= 0.6 is 0 Å². The fourth-order valence-electron chi connectivity index (χ4n) is 2.47. The summed E-state index contributed by atoms with van der Waals surface area (Å²) in [5.74, 6) is -0.102. The van der Waals surface area contributed by atoms with Crippen LogP contribution < -0.4 is 5.32 Å². The Hall–Kier alpha value is -1.92. The van der Waals surface area contributed by atoms with Gasteiger partial charge in [-0.2, -0.15) is 0 Å². The summed E-state index contributed by atoms with van der Waals surface area (Å²) in [7, 11) is 3.04. The number of benzene rings is 1. The fourth-order valence-corrected chi connectivity index (χ4v) is 2.47. The maximum Gasteiger partial charge on any atom is 0.239 e. The lowest BCUT2D eigenvalue weighted by Gasteiger charge is -2.26. The number of carbonyl (C=O) groups excluding carboxylic acids is 2. The standard InChI is InChI=1S/C18H26N2O4/c1-23-17(24-2)13-20(18(22)15-8-9-15)12-16(21)19-11-10-14-6-4-3-5-7-14/h3-7,15,17H,8-13H2,1-2H3,(H,19,21). The van der Waals surface area contributed by atoms with E-state index in [9.17, 15) is 9.59 Å². The smallest absolute Gasteiger partial charge is 0.239 e. The molecule has 0 bridgehead atoms. The highest BCUT2D eigenvalue weighted by molar-refractivity contribution is 5.87. The van der Waals surface area contributed by atoms with Crippen molar-refractivity contribution in [1.29, 1.82) is 0 Å². The predicted octanol–water partition coefficient (Wildman–Crippen LogP) is 1.20. The molecule has 0 heterocycles. The highest BCUT2D eigenvalue weighted by Crippen LogP contribution is 2.31. The summed E-state index contributed by atoms with van der Waals surface area (Å²) >= 11 is 0. The maximum atomic E-state index is 12.3. The lowest BCUT2D eigenvalue weighted by Crippen LogP contribution is -2.45. The van der Waals surface area contributed by atoms with Gasteiger partial charge in [0.1, 0.15) is 0 Å². The molecule has 24 heavy (non-hydrogen) atoms. The molecule has 0 radical (unpaired) electrons. The van der Waals surface area contributed by atoms with Gasteiger partial charge in [-0.3, -0.25) is 9.59 Å². The van der Waals surface area contributed by atoms with Crippen molar-refractivity contribution in [3.63, 3.8) is 0 Å². The second kappa shape index (κ2) is 9.39. The van der Waals surface area contributed by atoms with Crippen LogP contribution in [0.3, 0.4) is 0 Å². The van der Waals surface area contributed by atoms with Crippen molar-refractivity contribution >= 4 is 11.8 Å².